The monoisotopic (exact) mass is 456 g/mol. The molecule has 0 saturated carbocycles. The molecule has 9 heteroatoms. The van der Waals surface area contributed by atoms with E-state index in [9.17, 15) is 18.0 Å². The van der Waals surface area contributed by atoms with Crippen molar-refractivity contribution in [2.45, 2.75) is 6.18 Å². The number of alkyl halides is 3. The number of nitrogens with one attached hydrogen (secondary N) is 1. The van der Waals surface area contributed by atoms with Crippen LogP contribution in [0.5, 0.6) is 5.75 Å². The fourth-order valence-electron chi connectivity index (χ4n) is 2.56. The maximum Gasteiger partial charge on any atom is 0.416 e. The number of ether oxygens (including phenoxy) is 1. The van der Waals surface area contributed by atoms with Gasteiger partial charge in [-0.1, -0.05) is 22.0 Å². The Kier molecular flexibility index (Phi) is 5.25. The lowest BCUT2D eigenvalue weighted by molar-refractivity contribution is -0.137. The standard InChI is InChI=1S/C18H12BrF3N2O2S/c1-26-15-6-5-12(19)7-10(15)8-14-16(25)24(17(27)23-14)13-4-2-3-11(9-13)18(20,21)22/h2-9H,1H3,(H,23,27)/b14-8-. The number of nitrogens with zero attached hydrogens (tertiary/aromatic N) is 1. The highest BCUT2D eigenvalue weighted by atomic mass is 79.9. The van der Waals surface area contributed by atoms with Crippen LogP contribution < -0.4 is 15.0 Å². The third kappa shape index (κ3) is 3.98. The topological polar surface area (TPSA) is 41.6 Å². The number of thiocarbonyl (C=S) groups is 1. The van der Waals surface area contributed by atoms with Crippen LogP contribution in [0.15, 0.2) is 52.6 Å². The Labute approximate surface area is 166 Å². The minimum Gasteiger partial charge on any atom is -0.496 e. The van der Waals surface area contributed by atoms with Gasteiger partial charge in [-0.05, 0) is 54.7 Å². The molecule has 0 aliphatic carbocycles. The zero-order valence-electron chi connectivity index (χ0n) is 13.8. The smallest absolute Gasteiger partial charge is 0.416 e. The van der Waals surface area contributed by atoms with Gasteiger partial charge in [0.15, 0.2) is 5.11 Å². The third-order valence-corrected chi connectivity index (χ3v) is 4.58. The normalized spacial score (nSPS) is 16.0. The fraction of sp³-hybridized carbons (Fsp3) is 0.111. The second-order valence-corrected chi connectivity index (χ2v) is 6.87. The number of halogens is 4. The maximum atomic E-state index is 13.0. The second kappa shape index (κ2) is 7.32. The minimum absolute atomic E-state index is 0.000428. The molecule has 2 aromatic carbocycles. The Hall–Kier alpha value is -2.39. The van der Waals surface area contributed by atoms with Crippen molar-refractivity contribution in [2.24, 2.45) is 0 Å². The Morgan fingerprint density at radius 2 is 1.96 bits per heavy atom. The molecule has 1 aliphatic rings. The van der Waals surface area contributed by atoms with Crippen LogP contribution in [0.1, 0.15) is 11.1 Å². The Balaban J connectivity index is 1.98. The van der Waals surface area contributed by atoms with Gasteiger partial charge in [-0.15, -0.1) is 0 Å². The van der Waals surface area contributed by atoms with Crippen LogP contribution in [-0.4, -0.2) is 18.1 Å². The van der Waals surface area contributed by atoms with Crippen molar-refractivity contribution in [2.75, 3.05) is 12.0 Å². The number of carbonyl (C=O) groups excluding carboxylic acids is 1. The summed E-state index contributed by atoms with van der Waals surface area (Å²) in [7, 11) is 1.49. The fourth-order valence-corrected chi connectivity index (χ4v) is 3.24. The minimum atomic E-state index is -4.52. The highest BCUT2D eigenvalue weighted by Gasteiger charge is 2.35. The van der Waals surface area contributed by atoms with E-state index in [1.54, 1.807) is 18.2 Å². The number of benzene rings is 2. The first-order chi connectivity index (χ1) is 12.7. The molecule has 1 N–H and O–H groups in total. The molecule has 0 bridgehead atoms. The van der Waals surface area contributed by atoms with Gasteiger partial charge >= 0.3 is 6.18 Å². The number of anilines is 1. The average molecular weight is 457 g/mol. The maximum absolute atomic E-state index is 13.0. The number of methoxy groups -OCH3 is 1. The molecule has 1 heterocycles. The predicted molar refractivity (Wildman–Crippen MR) is 103 cm³/mol. The van der Waals surface area contributed by atoms with Gasteiger partial charge in [0.05, 0.1) is 18.4 Å². The SMILES string of the molecule is COc1ccc(Br)cc1/C=C1\NC(=S)N(c2cccc(C(F)(F)F)c2)C1=O. The molecule has 1 saturated heterocycles. The van der Waals surface area contributed by atoms with Crippen LogP contribution in [0, 0.1) is 0 Å². The first kappa shape index (κ1) is 19.4. The van der Waals surface area contributed by atoms with Crippen LogP contribution in [0.25, 0.3) is 6.08 Å². The summed E-state index contributed by atoms with van der Waals surface area (Å²) < 4.78 is 44.9. The lowest BCUT2D eigenvalue weighted by Gasteiger charge is -2.16. The van der Waals surface area contributed by atoms with E-state index in [1.165, 1.54) is 25.3 Å². The molecule has 4 nitrogen and oxygen atoms in total. The lowest BCUT2D eigenvalue weighted by atomic mass is 10.1. The van der Waals surface area contributed by atoms with Gasteiger partial charge < -0.3 is 10.1 Å². The Morgan fingerprint density at radius 1 is 1.22 bits per heavy atom. The van der Waals surface area contributed by atoms with Crippen molar-refractivity contribution in [3.8, 4) is 5.75 Å². The number of carbonyl (C=O) groups is 1. The van der Waals surface area contributed by atoms with Gasteiger partial charge in [-0.2, -0.15) is 13.2 Å². The second-order valence-electron chi connectivity index (χ2n) is 5.56. The highest BCUT2D eigenvalue weighted by molar-refractivity contribution is 9.10. The molecular weight excluding hydrogens is 445 g/mol. The first-order valence-corrected chi connectivity index (χ1v) is 8.79. The van der Waals surface area contributed by atoms with Crippen LogP contribution in [0.2, 0.25) is 0 Å². The van der Waals surface area contributed by atoms with E-state index in [4.69, 9.17) is 17.0 Å². The number of amides is 1. The van der Waals surface area contributed by atoms with Gasteiger partial charge in [0.2, 0.25) is 0 Å². The van der Waals surface area contributed by atoms with Crippen molar-refractivity contribution in [3.05, 3.63) is 63.8 Å². The molecule has 0 radical (unpaired) electrons. The predicted octanol–water partition coefficient (Wildman–Crippen LogP) is 4.74. The van der Waals surface area contributed by atoms with E-state index < -0.39 is 17.6 Å². The molecule has 1 fully saturated rings. The summed E-state index contributed by atoms with van der Waals surface area (Å²) in [6, 6.07) is 9.69. The molecule has 0 aromatic heterocycles. The largest absolute Gasteiger partial charge is 0.496 e. The molecule has 1 aliphatic heterocycles. The van der Waals surface area contributed by atoms with Crippen molar-refractivity contribution >= 4 is 50.9 Å². The van der Waals surface area contributed by atoms with Crippen LogP contribution in [-0.2, 0) is 11.0 Å². The average Bonchev–Trinajstić information content (AvgIpc) is 2.88. The lowest BCUT2D eigenvalue weighted by Crippen LogP contribution is -2.30. The third-order valence-electron chi connectivity index (χ3n) is 3.80. The molecule has 0 unspecified atom stereocenters. The molecule has 0 spiro atoms. The first-order valence-electron chi connectivity index (χ1n) is 7.58. The van der Waals surface area contributed by atoms with Crippen molar-refractivity contribution in [1.82, 2.24) is 5.32 Å². The van der Waals surface area contributed by atoms with E-state index in [1.807, 2.05) is 0 Å². The van der Waals surface area contributed by atoms with E-state index in [0.29, 0.717) is 11.3 Å². The van der Waals surface area contributed by atoms with Crippen LogP contribution in [0.4, 0.5) is 18.9 Å². The summed E-state index contributed by atoms with van der Waals surface area (Å²) in [4.78, 5) is 13.8. The van der Waals surface area contributed by atoms with Gasteiger partial charge in [-0.3, -0.25) is 9.69 Å². The molecule has 2 aromatic rings. The number of rotatable bonds is 3. The zero-order valence-corrected chi connectivity index (χ0v) is 16.2. The Morgan fingerprint density at radius 3 is 2.63 bits per heavy atom. The summed E-state index contributed by atoms with van der Waals surface area (Å²) in [5, 5.41) is 2.75. The van der Waals surface area contributed by atoms with E-state index >= 15 is 0 Å². The molecule has 27 heavy (non-hydrogen) atoms. The molecule has 1 amide bonds. The Bertz CT molecular complexity index is 960. The number of hydrogen-bond acceptors (Lipinski definition) is 3. The molecule has 140 valence electrons. The van der Waals surface area contributed by atoms with Gasteiger partial charge in [-0.25, -0.2) is 0 Å². The number of hydrogen-bond donors (Lipinski definition) is 1. The molecular formula is C18H12BrF3N2O2S. The van der Waals surface area contributed by atoms with E-state index in [0.717, 1.165) is 21.5 Å². The summed E-state index contributed by atoms with van der Waals surface area (Å²) in [6.45, 7) is 0. The van der Waals surface area contributed by atoms with Crippen LogP contribution >= 0.6 is 28.1 Å². The van der Waals surface area contributed by atoms with Gasteiger partial charge in [0, 0.05) is 10.0 Å². The summed E-state index contributed by atoms with van der Waals surface area (Å²) >= 11 is 8.49. The summed E-state index contributed by atoms with van der Waals surface area (Å²) in [5.41, 5.74) is -0.0798. The van der Waals surface area contributed by atoms with Crippen molar-refractivity contribution < 1.29 is 22.7 Å². The van der Waals surface area contributed by atoms with Crippen molar-refractivity contribution in [1.29, 1.82) is 0 Å². The van der Waals surface area contributed by atoms with E-state index in [-0.39, 0.29) is 16.5 Å². The van der Waals surface area contributed by atoms with Crippen LogP contribution in [0.3, 0.4) is 0 Å². The highest BCUT2D eigenvalue weighted by Crippen LogP contribution is 2.33. The summed E-state index contributed by atoms with van der Waals surface area (Å²) in [6.07, 6.45) is -2.98. The summed E-state index contributed by atoms with van der Waals surface area (Å²) in [5.74, 6) is -0.0231. The van der Waals surface area contributed by atoms with Gasteiger partial charge in [0.1, 0.15) is 11.4 Å². The quantitative estimate of drug-likeness (QED) is 0.534. The zero-order chi connectivity index (χ0) is 19.8. The van der Waals surface area contributed by atoms with Crippen molar-refractivity contribution in [3.63, 3.8) is 0 Å². The van der Waals surface area contributed by atoms with E-state index in [2.05, 4.69) is 21.2 Å². The molecule has 3 rings (SSSR count). The molecule has 0 atom stereocenters. The van der Waals surface area contributed by atoms with Gasteiger partial charge in [0.25, 0.3) is 5.91 Å².